The molecule has 0 saturated heterocycles. The monoisotopic (exact) mass is 458 g/mol. The van der Waals surface area contributed by atoms with E-state index in [0.29, 0.717) is 44.1 Å². The average Bonchev–Trinajstić information content (AvgIpc) is 3.28. The summed E-state index contributed by atoms with van der Waals surface area (Å²) in [7, 11) is 0. The normalized spacial score (nSPS) is 15.4. The van der Waals surface area contributed by atoms with Crippen molar-refractivity contribution in [2.75, 3.05) is 11.9 Å². The van der Waals surface area contributed by atoms with Crippen molar-refractivity contribution in [1.82, 2.24) is 5.16 Å². The van der Waals surface area contributed by atoms with Crippen LogP contribution in [0.3, 0.4) is 0 Å². The number of amides is 1. The molecule has 2 heterocycles. The van der Waals surface area contributed by atoms with E-state index in [4.69, 9.17) is 20.9 Å². The topological polar surface area (TPSA) is 81.4 Å². The molecule has 1 aliphatic carbocycles. The van der Waals surface area contributed by atoms with Gasteiger partial charge in [-0.25, -0.2) is 4.79 Å². The van der Waals surface area contributed by atoms with Crippen LogP contribution in [-0.4, -0.2) is 23.6 Å². The molecule has 1 amide bonds. The lowest BCUT2D eigenvalue weighted by molar-refractivity contribution is 0.0526. The Morgan fingerprint density at radius 2 is 2.10 bits per heavy atom. The highest BCUT2D eigenvalue weighted by Crippen LogP contribution is 2.41. The van der Waals surface area contributed by atoms with Crippen LogP contribution < -0.4 is 5.32 Å². The number of carbonyl (C=O) groups is 2. The van der Waals surface area contributed by atoms with Crippen LogP contribution in [-0.2, 0) is 17.6 Å². The van der Waals surface area contributed by atoms with Gasteiger partial charge in [-0.3, -0.25) is 4.79 Å². The molecule has 0 saturated carbocycles. The van der Waals surface area contributed by atoms with Crippen LogP contribution >= 0.6 is 22.9 Å². The number of fused-ring (bicyclic) bond motifs is 1. The number of nitrogens with zero attached hydrogens (tertiary/aromatic N) is 1. The number of rotatable bonds is 5. The molecule has 3 aromatic rings. The Morgan fingerprint density at radius 1 is 1.32 bits per heavy atom. The van der Waals surface area contributed by atoms with Crippen molar-refractivity contribution in [3.8, 4) is 11.3 Å². The fraction of sp³-hybridized carbons (Fsp3) is 0.348. The molecule has 0 fully saturated rings. The van der Waals surface area contributed by atoms with E-state index < -0.39 is 11.9 Å². The summed E-state index contributed by atoms with van der Waals surface area (Å²) in [5, 5.41) is 7.97. The first-order chi connectivity index (χ1) is 14.9. The van der Waals surface area contributed by atoms with Gasteiger partial charge in [-0.1, -0.05) is 41.9 Å². The van der Waals surface area contributed by atoms with E-state index in [9.17, 15) is 9.59 Å². The first-order valence-corrected chi connectivity index (χ1v) is 11.4. The van der Waals surface area contributed by atoms with Gasteiger partial charge in [0.25, 0.3) is 5.91 Å². The van der Waals surface area contributed by atoms with Gasteiger partial charge in [0.2, 0.25) is 0 Å². The molecule has 0 bridgehead atoms. The van der Waals surface area contributed by atoms with Crippen molar-refractivity contribution in [2.45, 2.75) is 40.0 Å². The van der Waals surface area contributed by atoms with Gasteiger partial charge in [0, 0.05) is 10.4 Å². The van der Waals surface area contributed by atoms with Crippen molar-refractivity contribution in [3.63, 3.8) is 0 Å². The summed E-state index contributed by atoms with van der Waals surface area (Å²) in [6, 6.07) is 7.14. The van der Waals surface area contributed by atoms with Gasteiger partial charge in [-0.2, -0.15) is 0 Å². The van der Waals surface area contributed by atoms with Crippen LogP contribution in [0.5, 0.6) is 0 Å². The molecule has 1 aromatic carbocycles. The second-order valence-corrected chi connectivity index (χ2v) is 9.19. The van der Waals surface area contributed by atoms with Crippen molar-refractivity contribution < 1.29 is 18.8 Å². The number of esters is 1. The molecule has 1 atom stereocenters. The van der Waals surface area contributed by atoms with E-state index in [0.717, 1.165) is 29.7 Å². The number of aryl methyl sites for hydroxylation is 1. The lowest BCUT2D eigenvalue weighted by atomic mass is 9.88. The maximum atomic E-state index is 13.3. The van der Waals surface area contributed by atoms with E-state index in [-0.39, 0.29) is 6.61 Å². The molecule has 1 N–H and O–H groups in total. The highest BCUT2D eigenvalue weighted by molar-refractivity contribution is 7.17. The third-order valence-corrected chi connectivity index (χ3v) is 6.94. The summed E-state index contributed by atoms with van der Waals surface area (Å²) in [5.74, 6) is 0.112. The molecule has 0 radical (unpaired) electrons. The average molecular weight is 459 g/mol. The lowest BCUT2D eigenvalue weighted by Gasteiger charge is -2.18. The fourth-order valence-electron chi connectivity index (χ4n) is 3.90. The Kier molecular flexibility index (Phi) is 6.16. The number of nitrogens with one attached hydrogen (secondary N) is 1. The van der Waals surface area contributed by atoms with Gasteiger partial charge in [0.15, 0.2) is 0 Å². The lowest BCUT2D eigenvalue weighted by Crippen LogP contribution is -2.17. The number of thiophene rings is 1. The smallest absolute Gasteiger partial charge is 0.341 e. The molecule has 2 aromatic heterocycles. The molecule has 0 unspecified atom stereocenters. The summed E-state index contributed by atoms with van der Waals surface area (Å²) >= 11 is 7.76. The number of benzene rings is 1. The standard InChI is InChI=1S/C23H23ClN2O4S/c1-4-29-23(28)19-15-10-9-12(2)11-17(15)31-22(19)25-21(27)18-13(3)30-26-20(18)14-7-5-6-8-16(14)24/h5-8,12H,4,9-11H2,1-3H3,(H,25,27)/t12-/m1/s1. The van der Waals surface area contributed by atoms with E-state index in [1.807, 2.05) is 6.07 Å². The van der Waals surface area contributed by atoms with E-state index in [2.05, 4.69) is 17.4 Å². The third kappa shape index (κ3) is 4.12. The molecule has 4 rings (SSSR count). The molecule has 31 heavy (non-hydrogen) atoms. The van der Waals surface area contributed by atoms with Crippen LogP contribution in [0.25, 0.3) is 11.3 Å². The molecule has 6 nitrogen and oxygen atoms in total. The third-order valence-electron chi connectivity index (χ3n) is 5.44. The number of hydrogen-bond acceptors (Lipinski definition) is 6. The minimum Gasteiger partial charge on any atom is -0.462 e. The van der Waals surface area contributed by atoms with E-state index in [1.165, 1.54) is 11.3 Å². The summed E-state index contributed by atoms with van der Waals surface area (Å²) in [5.41, 5.74) is 2.73. The number of aromatic nitrogens is 1. The quantitative estimate of drug-likeness (QED) is 0.480. The number of hydrogen-bond donors (Lipinski definition) is 1. The minimum atomic E-state index is -0.404. The Balaban J connectivity index is 1.73. The molecule has 0 aliphatic heterocycles. The number of halogens is 1. The van der Waals surface area contributed by atoms with Crippen molar-refractivity contribution >= 4 is 39.8 Å². The Labute approximate surface area is 189 Å². The van der Waals surface area contributed by atoms with Crippen LogP contribution in [0.1, 0.15) is 57.2 Å². The highest BCUT2D eigenvalue weighted by atomic mass is 35.5. The first kappa shape index (κ1) is 21.6. The summed E-state index contributed by atoms with van der Waals surface area (Å²) < 4.78 is 10.6. The summed E-state index contributed by atoms with van der Waals surface area (Å²) in [4.78, 5) is 27.2. The van der Waals surface area contributed by atoms with E-state index >= 15 is 0 Å². The number of anilines is 1. The molecule has 1 aliphatic rings. The van der Waals surface area contributed by atoms with Crippen LogP contribution in [0, 0.1) is 12.8 Å². The molecular weight excluding hydrogens is 436 g/mol. The van der Waals surface area contributed by atoms with Gasteiger partial charge < -0.3 is 14.6 Å². The van der Waals surface area contributed by atoms with E-state index in [1.54, 1.807) is 32.0 Å². The highest BCUT2D eigenvalue weighted by Gasteiger charge is 2.31. The Morgan fingerprint density at radius 3 is 2.84 bits per heavy atom. The molecule has 162 valence electrons. The zero-order chi connectivity index (χ0) is 22.1. The maximum Gasteiger partial charge on any atom is 0.341 e. The molecule has 0 spiro atoms. The van der Waals surface area contributed by atoms with Gasteiger partial charge in [0.05, 0.1) is 17.2 Å². The van der Waals surface area contributed by atoms with Crippen molar-refractivity contribution in [1.29, 1.82) is 0 Å². The van der Waals surface area contributed by atoms with Gasteiger partial charge >= 0.3 is 5.97 Å². The summed E-state index contributed by atoms with van der Waals surface area (Å²) in [6.07, 6.45) is 2.69. The van der Waals surface area contributed by atoms with Crippen molar-refractivity contribution in [2.24, 2.45) is 5.92 Å². The van der Waals surface area contributed by atoms with Crippen LogP contribution in [0.15, 0.2) is 28.8 Å². The Bertz CT molecular complexity index is 1150. The predicted molar refractivity (Wildman–Crippen MR) is 121 cm³/mol. The largest absolute Gasteiger partial charge is 0.462 e. The second kappa shape index (κ2) is 8.85. The Hall–Kier alpha value is -2.64. The fourth-order valence-corrected chi connectivity index (χ4v) is 5.52. The minimum absolute atomic E-state index is 0.272. The number of carbonyl (C=O) groups excluding carboxylic acids is 2. The SMILES string of the molecule is CCOC(=O)c1c(NC(=O)c2c(-c3ccccc3Cl)noc2C)sc2c1CC[C@@H](C)C2. The van der Waals surface area contributed by atoms with Crippen LogP contribution in [0.4, 0.5) is 5.00 Å². The second-order valence-electron chi connectivity index (χ2n) is 7.67. The predicted octanol–water partition coefficient (Wildman–Crippen LogP) is 5.92. The van der Waals surface area contributed by atoms with Gasteiger partial charge in [0.1, 0.15) is 22.0 Å². The van der Waals surface area contributed by atoms with Gasteiger partial charge in [-0.15, -0.1) is 11.3 Å². The summed E-state index contributed by atoms with van der Waals surface area (Å²) in [6.45, 7) is 5.92. The van der Waals surface area contributed by atoms with Crippen LogP contribution in [0.2, 0.25) is 5.02 Å². The van der Waals surface area contributed by atoms with Crippen molar-refractivity contribution in [3.05, 3.63) is 56.6 Å². The first-order valence-electron chi connectivity index (χ1n) is 10.2. The molecular formula is C23H23ClN2O4S. The zero-order valence-corrected chi connectivity index (χ0v) is 19.2. The maximum absolute atomic E-state index is 13.3. The number of ether oxygens (including phenoxy) is 1. The zero-order valence-electron chi connectivity index (χ0n) is 17.6. The van der Waals surface area contributed by atoms with Gasteiger partial charge in [-0.05, 0) is 50.7 Å². The molecule has 8 heteroatoms.